The standard InChI is InChI=1S/C26H32FN3O3/c1-4-5-13-22(31)18-29(16-17-32-3)19-23-20(2)28-30(21-11-7-6-8-12-21)26(23)33-25-15-10-9-14-24(25)27/h4,6-12,14-15,22,31H,1,5,13,16-19H2,2-3H3. The molecule has 33 heavy (non-hydrogen) atoms. The number of allylic oxidation sites excluding steroid dienone is 1. The number of nitrogens with zero attached hydrogens (tertiary/aromatic N) is 3. The molecule has 1 heterocycles. The molecule has 2 aromatic carbocycles. The van der Waals surface area contributed by atoms with Crippen molar-refractivity contribution in [1.82, 2.24) is 14.7 Å². The quantitative estimate of drug-likeness (QED) is 0.374. The van der Waals surface area contributed by atoms with Crippen molar-refractivity contribution >= 4 is 0 Å². The molecule has 1 atom stereocenters. The molecule has 0 aliphatic carbocycles. The van der Waals surface area contributed by atoms with Crippen LogP contribution in [0.3, 0.4) is 0 Å². The van der Waals surface area contributed by atoms with Crippen molar-refractivity contribution in [3.8, 4) is 17.3 Å². The van der Waals surface area contributed by atoms with Gasteiger partial charge in [0.15, 0.2) is 11.6 Å². The van der Waals surface area contributed by atoms with Gasteiger partial charge >= 0.3 is 0 Å². The first-order chi connectivity index (χ1) is 16.0. The topological polar surface area (TPSA) is 59.8 Å². The molecule has 0 bridgehead atoms. The van der Waals surface area contributed by atoms with Crippen LogP contribution in [-0.4, -0.2) is 52.7 Å². The normalized spacial score (nSPS) is 12.2. The van der Waals surface area contributed by atoms with Crippen LogP contribution in [0.4, 0.5) is 4.39 Å². The Morgan fingerprint density at radius 3 is 2.61 bits per heavy atom. The molecular formula is C26H32FN3O3. The van der Waals surface area contributed by atoms with Gasteiger partial charge < -0.3 is 14.6 Å². The summed E-state index contributed by atoms with van der Waals surface area (Å²) in [5.74, 6) is 0.134. The van der Waals surface area contributed by atoms with Crippen LogP contribution in [0.25, 0.3) is 5.69 Å². The number of para-hydroxylation sites is 2. The number of ether oxygens (including phenoxy) is 2. The highest BCUT2D eigenvalue weighted by Gasteiger charge is 2.23. The number of aliphatic hydroxyl groups excluding tert-OH is 1. The molecule has 3 aromatic rings. The van der Waals surface area contributed by atoms with Crippen LogP contribution in [-0.2, 0) is 11.3 Å². The Balaban J connectivity index is 1.97. The molecule has 3 rings (SSSR count). The lowest BCUT2D eigenvalue weighted by atomic mass is 10.1. The molecule has 0 aliphatic heterocycles. The molecule has 0 saturated carbocycles. The van der Waals surface area contributed by atoms with Gasteiger partial charge in [0.2, 0.25) is 5.88 Å². The van der Waals surface area contributed by atoms with E-state index in [0.717, 1.165) is 23.4 Å². The molecule has 6 nitrogen and oxygen atoms in total. The van der Waals surface area contributed by atoms with E-state index in [4.69, 9.17) is 14.6 Å². The van der Waals surface area contributed by atoms with Crippen molar-refractivity contribution in [1.29, 1.82) is 0 Å². The minimum absolute atomic E-state index is 0.130. The summed E-state index contributed by atoms with van der Waals surface area (Å²) in [6.07, 6.45) is 2.68. The van der Waals surface area contributed by atoms with Gasteiger partial charge in [-0.25, -0.2) is 9.07 Å². The maximum atomic E-state index is 14.4. The second-order valence-corrected chi connectivity index (χ2v) is 7.90. The first-order valence-electron chi connectivity index (χ1n) is 11.1. The zero-order valence-corrected chi connectivity index (χ0v) is 19.3. The van der Waals surface area contributed by atoms with Crippen LogP contribution in [0, 0.1) is 12.7 Å². The Morgan fingerprint density at radius 1 is 1.18 bits per heavy atom. The van der Waals surface area contributed by atoms with E-state index >= 15 is 0 Å². The third kappa shape index (κ3) is 6.74. The Bertz CT molecular complexity index is 1020. The summed E-state index contributed by atoms with van der Waals surface area (Å²) in [5.41, 5.74) is 2.41. The van der Waals surface area contributed by atoms with Gasteiger partial charge in [0.05, 0.1) is 29.7 Å². The molecule has 176 valence electrons. The Hall–Kier alpha value is -3.00. The number of rotatable bonds is 13. The Labute approximate surface area is 194 Å². The van der Waals surface area contributed by atoms with Gasteiger partial charge in [0, 0.05) is 26.7 Å². The molecule has 0 aliphatic rings. The summed E-state index contributed by atoms with van der Waals surface area (Å²) in [5, 5.41) is 15.2. The summed E-state index contributed by atoms with van der Waals surface area (Å²) in [4.78, 5) is 2.10. The van der Waals surface area contributed by atoms with E-state index < -0.39 is 11.9 Å². The third-order valence-corrected chi connectivity index (χ3v) is 5.35. The molecule has 0 spiro atoms. The monoisotopic (exact) mass is 453 g/mol. The highest BCUT2D eigenvalue weighted by Crippen LogP contribution is 2.32. The van der Waals surface area contributed by atoms with Gasteiger partial charge in [-0.1, -0.05) is 36.4 Å². The lowest BCUT2D eigenvalue weighted by molar-refractivity contribution is 0.0804. The highest BCUT2D eigenvalue weighted by molar-refractivity contribution is 5.43. The fourth-order valence-electron chi connectivity index (χ4n) is 3.58. The SMILES string of the molecule is C=CCCC(O)CN(CCOC)Cc1c(C)nn(-c2ccccc2)c1Oc1ccccc1F. The zero-order chi connectivity index (χ0) is 23.6. The molecule has 7 heteroatoms. The first-order valence-corrected chi connectivity index (χ1v) is 11.1. The van der Waals surface area contributed by atoms with E-state index in [0.29, 0.717) is 38.5 Å². The maximum Gasteiger partial charge on any atom is 0.227 e. The lowest BCUT2D eigenvalue weighted by Gasteiger charge is -2.25. The number of aliphatic hydroxyl groups is 1. The summed E-state index contributed by atoms with van der Waals surface area (Å²) in [7, 11) is 1.65. The van der Waals surface area contributed by atoms with E-state index in [1.54, 1.807) is 36.1 Å². The van der Waals surface area contributed by atoms with Gasteiger partial charge in [0.1, 0.15) is 0 Å². The van der Waals surface area contributed by atoms with E-state index in [2.05, 4.69) is 11.5 Å². The second-order valence-electron chi connectivity index (χ2n) is 7.90. The summed E-state index contributed by atoms with van der Waals surface area (Å²) in [6, 6.07) is 15.9. The van der Waals surface area contributed by atoms with Crippen molar-refractivity contribution < 1.29 is 19.0 Å². The van der Waals surface area contributed by atoms with E-state index in [-0.39, 0.29) is 5.75 Å². The van der Waals surface area contributed by atoms with Gasteiger partial charge in [0.25, 0.3) is 0 Å². The van der Waals surface area contributed by atoms with Gasteiger partial charge in [-0.2, -0.15) is 5.10 Å². The number of halogens is 1. The largest absolute Gasteiger partial charge is 0.435 e. The molecule has 0 fully saturated rings. The van der Waals surface area contributed by atoms with Gasteiger partial charge in [-0.3, -0.25) is 4.90 Å². The predicted molar refractivity (Wildman–Crippen MR) is 127 cm³/mol. The van der Waals surface area contributed by atoms with Crippen molar-refractivity contribution in [2.24, 2.45) is 0 Å². The number of benzene rings is 2. The second kappa shape index (κ2) is 12.3. The average Bonchev–Trinajstić information content (AvgIpc) is 3.13. The van der Waals surface area contributed by atoms with Crippen molar-refractivity contribution in [3.63, 3.8) is 0 Å². The van der Waals surface area contributed by atoms with E-state index in [1.807, 2.05) is 37.3 Å². The smallest absolute Gasteiger partial charge is 0.227 e. The molecular weight excluding hydrogens is 421 g/mol. The van der Waals surface area contributed by atoms with Crippen LogP contribution in [0.2, 0.25) is 0 Å². The number of hydrogen-bond acceptors (Lipinski definition) is 5. The minimum atomic E-state index is -0.500. The van der Waals surface area contributed by atoms with E-state index in [9.17, 15) is 9.50 Å². The van der Waals surface area contributed by atoms with Crippen LogP contribution < -0.4 is 4.74 Å². The molecule has 1 N–H and O–H groups in total. The molecule has 0 saturated heterocycles. The van der Waals surface area contributed by atoms with Crippen molar-refractivity contribution in [2.45, 2.75) is 32.4 Å². The van der Waals surface area contributed by atoms with Crippen molar-refractivity contribution in [3.05, 3.63) is 84.3 Å². The van der Waals surface area contributed by atoms with Crippen LogP contribution in [0.15, 0.2) is 67.3 Å². The first kappa shape index (κ1) is 24.6. The summed E-state index contributed by atoms with van der Waals surface area (Å²) in [6.45, 7) is 7.71. The highest BCUT2D eigenvalue weighted by atomic mass is 19.1. The van der Waals surface area contributed by atoms with E-state index in [1.165, 1.54) is 6.07 Å². The van der Waals surface area contributed by atoms with Crippen LogP contribution >= 0.6 is 0 Å². The number of aryl methyl sites for hydroxylation is 1. The van der Waals surface area contributed by atoms with Gasteiger partial charge in [-0.05, 0) is 44.0 Å². The fourth-order valence-corrected chi connectivity index (χ4v) is 3.58. The predicted octanol–water partition coefficient (Wildman–Crippen LogP) is 4.89. The fraction of sp³-hybridized carbons (Fsp3) is 0.346. The van der Waals surface area contributed by atoms with Gasteiger partial charge in [-0.15, -0.1) is 6.58 Å². The average molecular weight is 454 g/mol. The third-order valence-electron chi connectivity index (χ3n) is 5.35. The number of hydrogen-bond donors (Lipinski definition) is 1. The molecule has 0 amide bonds. The summed E-state index contributed by atoms with van der Waals surface area (Å²) >= 11 is 0. The van der Waals surface area contributed by atoms with Crippen LogP contribution in [0.1, 0.15) is 24.1 Å². The Kier molecular flexibility index (Phi) is 9.18. The molecule has 1 unspecified atom stereocenters. The van der Waals surface area contributed by atoms with Crippen LogP contribution in [0.5, 0.6) is 11.6 Å². The van der Waals surface area contributed by atoms with Crippen molar-refractivity contribution in [2.75, 3.05) is 26.8 Å². The number of aromatic nitrogens is 2. The maximum absolute atomic E-state index is 14.4. The minimum Gasteiger partial charge on any atom is -0.435 e. The zero-order valence-electron chi connectivity index (χ0n) is 19.3. The Morgan fingerprint density at radius 2 is 1.91 bits per heavy atom. The molecule has 1 aromatic heterocycles. The summed E-state index contributed by atoms with van der Waals surface area (Å²) < 4.78 is 27.5. The number of methoxy groups -OCH3 is 1. The molecule has 0 radical (unpaired) electrons. The lowest BCUT2D eigenvalue weighted by Crippen LogP contribution is -2.34.